The van der Waals surface area contributed by atoms with E-state index < -0.39 is 0 Å². The zero-order valence-electron chi connectivity index (χ0n) is 8.50. The van der Waals surface area contributed by atoms with Crippen LogP contribution in [0.5, 0.6) is 5.75 Å². The molecule has 1 aliphatic heterocycles. The fraction of sp³-hybridized carbons (Fsp3) is 0.273. The molecule has 0 unspecified atom stereocenters. The summed E-state index contributed by atoms with van der Waals surface area (Å²) in [4.78, 5) is 0. The van der Waals surface area contributed by atoms with E-state index in [-0.39, 0.29) is 6.10 Å². The van der Waals surface area contributed by atoms with Gasteiger partial charge in [0.15, 0.2) is 5.01 Å². The van der Waals surface area contributed by atoms with E-state index in [1.54, 1.807) is 5.51 Å². The van der Waals surface area contributed by atoms with Gasteiger partial charge in [0, 0.05) is 0 Å². The predicted octanol–water partition coefficient (Wildman–Crippen LogP) is 1.98. The lowest BCUT2D eigenvalue weighted by molar-refractivity contribution is 0.264. The molecule has 0 N–H and O–H groups in total. The highest BCUT2D eigenvalue weighted by atomic mass is 32.1. The molecule has 2 aromatic rings. The first-order chi connectivity index (χ1) is 7.93. The van der Waals surface area contributed by atoms with E-state index in [9.17, 15) is 0 Å². The van der Waals surface area contributed by atoms with Crippen LogP contribution in [0.3, 0.4) is 0 Å². The van der Waals surface area contributed by atoms with Crippen LogP contribution in [0.4, 0.5) is 0 Å². The van der Waals surface area contributed by atoms with Crippen LogP contribution in [0.15, 0.2) is 29.8 Å². The molecule has 0 saturated carbocycles. The Morgan fingerprint density at radius 2 is 2.31 bits per heavy atom. The van der Waals surface area contributed by atoms with Crippen LogP contribution in [0.25, 0.3) is 10.6 Å². The molecule has 1 saturated heterocycles. The van der Waals surface area contributed by atoms with Gasteiger partial charge in [0.1, 0.15) is 24.0 Å². The molecule has 0 spiro atoms. The predicted molar refractivity (Wildman–Crippen MR) is 60.6 cm³/mol. The molecule has 1 aliphatic rings. The van der Waals surface area contributed by atoms with Gasteiger partial charge in [0.25, 0.3) is 0 Å². The topological polar surface area (TPSA) is 47.5 Å². The molecule has 82 valence electrons. The summed E-state index contributed by atoms with van der Waals surface area (Å²) in [6, 6.07) is 7.85. The third-order valence-electron chi connectivity index (χ3n) is 2.30. The number of ether oxygens (including phenoxy) is 2. The number of nitrogens with zero attached hydrogens (tertiary/aromatic N) is 2. The lowest BCUT2D eigenvalue weighted by Crippen LogP contribution is -2.04. The van der Waals surface area contributed by atoms with Gasteiger partial charge in [-0.15, -0.1) is 10.2 Å². The van der Waals surface area contributed by atoms with Gasteiger partial charge in [-0.25, -0.2) is 0 Å². The second-order valence-corrected chi connectivity index (χ2v) is 4.34. The van der Waals surface area contributed by atoms with E-state index in [0.29, 0.717) is 6.61 Å². The SMILES string of the molecule is c1ccc(-c2nncs2)c(OC[C@@H]2CO2)c1. The third-order valence-corrected chi connectivity index (χ3v) is 3.03. The largest absolute Gasteiger partial charge is 0.490 e. The van der Waals surface area contributed by atoms with Crippen molar-refractivity contribution < 1.29 is 9.47 Å². The average Bonchev–Trinajstić information content (AvgIpc) is 3.00. The maximum absolute atomic E-state index is 5.70. The zero-order valence-corrected chi connectivity index (χ0v) is 9.31. The monoisotopic (exact) mass is 234 g/mol. The Balaban J connectivity index is 1.85. The minimum atomic E-state index is 0.266. The summed E-state index contributed by atoms with van der Waals surface area (Å²) < 4.78 is 10.8. The van der Waals surface area contributed by atoms with Gasteiger partial charge in [0.2, 0.25) is 0 Å². The van der Waals surface area contributed by atoms with Gasteiger partial charge in [0.05, 0.1) is 12.2 Å². The van der Waals surface area contributed by atoms with Crippen molar-refractivity contribution in [1.82, 2.24) is 10.2 Å². The fourth-order valence-electron chi connectivity index (χ4n) is 1.41. The molecule has 1 aromatic carbocycles. The van der Waals surface area contributed by atoms with Crippen molar-refractivity contribution in [1.29, 1.82) is 0 Å². The Morgan fingerprint density at radius 1 is 1.44 bits per heavy atom. The molecule has 16 heavy (non-hydrogen) atoms. The van der Waals surface area contributed by atoms with Crippen LogP contribution >= 0.6 is 11.3 Å². The molecular weight excluding hydrogens is 224 g/mol. The van der Waals surface area contributed by atoms with Crippen molar-refractivity contribution >= 4 is 11.3 Å². The van der Waals surface area contributed by atoms with Crippen LogP contribution in [-0.4, -0.2) is 29.5 Å². The number of hydrogen-bond donors (Lipinski definition) is 0. The number of epoxide rings is 1. The summed E-state index contributed by atoms with van der Waals surface area (Å²) >= 11 is 1.51. The molecule has 2 heterocycles. The first-order valence-electron chi connectivity index (χ1n) is 5.03. The molecule has 0 radical (unpaired) electrons. The Bertz CT molecular complexity index is 469. The highest BCUT2D eigenvalue weighted by molar-refractivity contribution is 7.12. The van der Waals surface area contributed by atoms with Gasteiger partial charge in [-0.1, -0.05) is 23.5 Å². The molecular formula is C11H10N2O2S. The van der Waals surface area contributed by atoms with E-state index >= 15 is 0 Å². The highest BCUT2D eigenvalue weighted by Crippen LogP contribution is 2.30. The molecule has 0 amide bonds. The summed E-state index contributed by atoms with van der Waals surface area (Å²) in [7, 11) is 0. The van der Waals surface area contributed by atoms with Crippen LogP contribution in [0.2, 0.25) is 0 Å². The quantitative estimate of drug-likeness (QED) is 0.759. The van der Waals surface area contributed by atoms with Gasteiger partial charge in [-0.05, 0) is 12.1 Å². The first kappa shape index (κ1) is 9.74. The van der Waals surface area contributed by atoms with Gasteiger partial charge in [-0.3, -0.25) is 0 Å². The van der Waals surface area contributed by atoms with Crippen molar-refractivity contribution in [3.63, 3.8) is 0 Å². The summed E-state index contributed by atoms with van der Waals surface area (Å²) in [6.45, 7) is 1.41. The number of benzene rings is 1. The van der Waals surface area contributed by atoms with Gasteiger partial charge < -0.3 is 9.47 Å². The highest BCUT2D eigenvalue weighted by Gasteiger charge is 2.23. The van der Waals surface area contributed by atoms with Crippen molar-refractivity contribution in [3.8, 4) is 16.3 Å². The lowest BCUT2D eigenvalue weighted by Gasteiger charge is -2.07. The molecule has 0 bridgehead atoms. The first-order valence-corrected chi connectivity index (χ1v) is 5.91. The molecule has 5 heteroatoms. The summed E-state index contributed by atoms with van der Waals surface area (Å²) in [5.74, 6) is 0.842. The minimum absolute atomic E-state index is 0.266. The average molecular weight is 234 g/mol. The Kier molecular flexibility index (Phi) is 2.55. The van der Waals surface area contributed by atoms with Crippen LogP contribution in [0.1, 0.15) is 0 Å². The maximum atomic E-state index is 5.70. The number of aromatic nitrogens is 2. The molecule has 4 nitrogen and oxygen atoms in total. The smallest absolute Gasteiger partial charge is 0.151 e. The third kappa shape index (κ3) is 2.05. The maximum Gasteiger partial charge on any atom is 0.151 e. The van der Waals surface area contributed by atoms with E-state index in [2.05, 4.69) is 10.2 Å². The lowest BCUT2D eigenvalue weighted by atomic mass is 10.2. The normalized spacial score (nSPS) is 18.4. The fourth-order valence-corrected chi connectivity index (χ4v) is 1.99. The summed E-state index contributed by atoms with van der Waals surface area (Å²) in [5, 5.41) is 8.76. The molecule has 1 fully saturated rings. The Morgan fingerprint density at radius 3 is 3.06 bits per heavy atom. The van der Waals surface area contributed by atoms with Gasteiger partial charge >= 0.3 is 0 Å². The Hall–Kier alpha value is -1.46. The molecule has 1 aromatic heterocycles. The second kappa shape index (κ2) is 4.19. The van der Waals surface area contributed by atoms with Crippen LogP contribution in [0, 0.1) is 0 Å². The number of hydrogen-bond acceptors (Lipinski definition) is 5. The van der Waals surface area contributed by atoms with Crippen molar-refractivity contribution in [2.24, 2.45) is 0 Å². The second-order valence-electron chi connectivity index (χ2n) is 3.51. The number of rotatable bonds is 4. The van der Waals surface area contributed by atoms with Crippen molar-refractivity contribution in [2.45, 2.75) is 6.10 Å². The zero-order chi connectivity index (χ0) is 10.8. The van der Waals surface area contributed by atoms with Crippen LogP contribution in [-0.2, 0) is 4.74 Å². The molecule has 3 rings (SSSR count). The Labute approximate surface area is 96.9 Å². The number of para-hydroxylation sites is 1. The standard InChI is InChI=1S/C11H10N2O2S/c1-2-4-10(15-6-8-5-14-8)9(3-1)11-13-12-7-16-11/h1-4,7-8H,5-6H2/t8-/m0/s1. The van der Waals surface area contributed by atoms with Crippen molar-refractivity contribution in [2.75, 3.05) is 13.2 Å². The summed E-state index contributed by atoms with van der Waals surface area (Å²) in [5.41, 5.74) is 2.71. The molecule has 1 atom stereocenters. The van der Waals surface area contributed by atoms with E-state index in [4.69, 9.17) is 9.47 Å². The van der Waals surface area contributed by atoms with Crippen molar-refractivity contribution in [3.05, 3.63) is 29.8 Å². The van der Waals surface area contributed by atoms with Gasteiger partial charge in [-0.2, -0.15) is 0 Å². The van der Waals surface area contributed by atoms with Crippen LogP contribution < -0.4 is 4.74 Å². The van der Waals surface area contributed by atoms with E-state index in [1.165, 1.54) is 11.3 Å². The summed E-state index contributed by atoms with van der Waals surface area (Å²) in [6.07, 6.45) is 0.266. The van der Waals surface area contributed by atoms with E-state index in [0.717, 1.165) is 22.9 Å². The molecule has 0 aliphatic carbocycles. The van der Waals surface area contributed by atoms with E-state index in [1.807, 2.05) is 24.3 Å². The minimum Gasteiger partial charge on any atom is -0.490 e.